The van der Waals surface area contributed by atoms with Gasteiger partial charge in [0, 0.05) is 18.8 Å². The first-order valence-corrected chi connectivity index (χ1v) is 8.99. The number of carbonyl (C=O) groups is 1. The van der Waals surface area contributed by atoms with E-state index in [9.17, 15) is 13.2 Å². The zero-order valence-corrected chi connectivity index (χ0v) is 13.3. The number of nitrogens with zero attached hydrogens (tertiary/aromatic N) is 1. The Labute approximate surface area is 130 Å². The summed E-state index contributed by atoms with van der Waals surface area (Å²) in [7, 11) is -3.75. The average molecular weight is 331 g/mol. The standard InChI is InChI=1S/C14H19ClN2O3S/c15-12-9-11(16)5-6-13(12)21(19,20)10-14(18)17-7-3-1-2-4-8-17/h5-6,9H,1-4,7-8,10,16H2. The van der Waals surface area contributed by atoms with E-state index in [4.69, 9.17) is 17.3 Å². The minimum atomic E-state index is -3.75. The summed E-state index contributed by atoms with van der Waals surface area (Å²) in [5.74, 6) is -0.902. The second-order valence-electron chi connectivity index (χ2n) is 5.24. The van der Waals surface area contributed by atoms with Crippen LogP contribution in [0.3, 0.4) is 0 Å². The first-order valence-electron chi connectivity index (χ1n) is 6.96. The fourth-order valence-corrected chi connectivity index (χ4v) is 4.26. The second kappa shape index (κ2) is 6.66. The molecule has 1 fully saturated rings. The highest BCUT2D eigenvalue weighted by atomic mass is 35.5. The van der Waals surface area contributed by atoms with Gasteiger partial charge >= 0.3 is 0 Å². The highest BCUT2D eigenvalue weighted by molar-refractivity contribution is 7.92. The van der Waals surface area contributed by atoms with Crippen LogP contribution in [0.1, 0.15) is 25.7 Å². The molecule has 2 N–H and O–H groups in total. The molecule has 0 bridgehead atoms. The minimum Gasteiger partial charge on any atom is -0.399 e. The van der Waals surface area contributed by atoms with E-state index in [0.717, 1.165) is 25.7 Å². The van der Waals surface area contributed by atoms with E-state index < -0.39 is 15.6 Å². The van der Waals surface area contributed by atoms with E-state index in [0.29, 0.717) is 18.8 Å². The van der Waals surface area contributed by atoms with E-state index in [-0.39, 0.29) is 15.8 Å². The maximum Gasteiger partial charge on any atom is 0.238 e. The third kappa shape index (κ3) is 4.11. The summed E-state index contributed by atoms with van der Waals surface area (Å²) in [4.78, 5) is 13.8. The van der Waals surface area contributed by atoms with E-state index in [1.54, 1.807) is 4.90 Å². The number of nitrogen functional groups attached to an aromatic ring is 1. The van der Waals surface area contributed by atoms with Gasteiger partial charge in [0.25, 0.3) is 0 Å². The molecule has 0 radical (unpaired) electrons. The molecule has 1 heterocycles. The van der Waals surface area contributed by atoms with Crippen molar-refractivity contribution in [2.75, 3.05) is 24.6 Å². The molecule has 1 aliphatic rings. The van der Waals surface area contributed by atoms with Gasteiger partial charge in [-0.2, -0.15) is 0 Å². The summed E-state index contributed by atoms with van der Waals surface area (Å²) in [5.41, 5.74) is 5.94. The Morgan fingerprint density at radius 3 is 2.38 bits per heavy atom. The van der Waals surface area contributed by atoms with Crippen LogP contribution < -0.4 is 5.73 Å². The largest absolute Gasteiger partial charge is 0.399 e. The summed E-state index contributed by atoms with van der Waals surface area (Å²) in [6.07, 6.45) is 4.02. The number of halogens is 1. The fourth-order valence-electron chi connectivity index (χ4n) is 2.42. The number of likely N-dealkylation sites (tertiary alicyclic amines) is 1. The molecule has 1 aliphatic heterocycles. The highest BCUT2D eigenvalue weighted by Crippen LogP contribution is 2.25. The molecule has 1 aromatic rings. The Morgan fingerprint density at radius 2 is 1.81 bits per heavy atom. The Balaban J connectivity index is 2.14. The average Bonchev–Trinajstić information content (AvgIpc) is 2.66. The van der Waals surface area contributed by atoms with Crippen molar-refractivity contribution in [3.63, 3.8) is 0 Å². The normalized spacial score (nSPS) is 16.5. The molecule has 1 aromatic carbocycles. The number of hydrogen-bond donors (Lipinski definition) is 1. The second-order valence-corrected chi connectivity index (χ2v) is 7.61. The molecule has 0 aromatic heterocycles. The molecule has 0 atom stereocenters. The maximum absolute atomic E-state index is 12.3. The zero-order valence-electron chi connectivity index (χ0n) is 11.7. The van der Waals surface area contributed by atoms with Crippen molar-refractivity contribution in [2.24, 2.45) is 0 Å². The lowest BCUT2D eigenvalue weighted by atomic mass is 10.2. The number of hydrogen-bond acceptors (Lipinski definition) is 4. The third-order valence-corrected chi connectivity index (χ3v) is 5.64. The van der Waals surface area contributed by atoms with Gasteiger partial charge in [-0.3, -0.25) is 4.79 Å². The van der Waals surface area contributed by atoms with Crippen molar-refractivity contribution in [3.8, 4) is 0 Å². The monoisotopic (exact) mass is 330 g/mol. The molecule has 116 valence electrons. The van der Waals surface area contributed by atoms with Gasteiger partial charge in [0.1, 0.15) is 5.75 Å². The summed E-state index contributed by atoms with van der Waals surface area (Å²) >= 11 is 5.93. The van der Waals surface area contributed by atoms with Gasteiger partial charge in [-0.05, 0) is 31.0 Å². The van der Waals surface area contributed by atoms with Crippen LogP contribution in [-0.2, 0) is 14.6 Å². The first kappa shape index (κ1) is 16.1. The van der Waals surface area contributed by atoms with E-state index in [1.807, 2.05) is 0 Å². The molecule has 2 rings (SSSR count). The molecule has 1 amide bonds. The number of sulfone groups is 1. The fraction of sp³-hybridized carbons (Fsp3) is 0.500. The molecular formula is C14H19ClN2O3S. The number of amides is 1. The van der Waals surface area contributed by atoms with Gasteiger partial charge in [-0.25, -0.2) is 8.42 Å². The predicted molar refractivity (Wildman–Crippen MR) is 83.0 cm³/mol. The van der Waals surface area contributed by atoms with Crippen LogP contribution >= 0.6 is 11.6 Å². The van der Waals surface area contributed by atoms with E-state index >= 15 is 0 Å². The predicted octanol–water partition coefficient (Wildman–Crippen LogP) is 2.10. The van der Waals surface area contributed by atoms with Crippen LogP contribution in [0.5, 0.6) is 0 Å². The van der Waals surface area contributed by atoms with Crippen molar-refractivity contribution in [1.29, 1.82) is 0 Å². The maximum atomic E-state index is 12.3. The van der Waals surface area contributed by atoms with Crippen molar-refractivity contribution in [1.82, 2.24) is 4.90 Å². The molecule has 0 spiro atoms. The van der Waals surface area contributed by atoms with Crippen LogP contribution in [-0.4, -0.2) is 38.1 Å². The van der Waals surface area contributed by atoms with E-state index in [1.165, 1.54) is 18.2 Å². The van der Waals surface area contributed by atoms with Gasteiger partial charge in [-0.1, -0.05) is 24.4 Å². The number of anilines is 1. The number of benzene rings is 1. The Bertz CT molecular complexity index is 623. The van der Waals surface area contributed by atoms with Crippen LogP contribution in [0.4, 0.5) is 5.69 Å². The van der Waals surface area contributed by atoms with Gasteiger partial charge in [0.05, 0.1) is 9.92 Å². The van der Waals surface area contributed by atoms with Crippen molar-refractivity contribution < 1.29 is 13.2 Å². The molecular weight excluding hydrogens is 312 g/mol. The number of carbonyl (C=O) groups excluding carboxylic acids is 1. The molecule has 0 unspecified atom stereocenters. The smallest absolute Gasteiger partial charge is 0.238 e. The van der Waals surface area contributed by atoms with Gasteiger partial charge in [0.15, 0.2) is 9.84 Å². The van der Waals surface area contributed by atoms with E-state index in [2.05, 4.69) is 0 Å². The van der Waals surface area contributed by atoms with Crippen LogP contribution in [0.15, 0.2) is 23.1 Å². The summed E-state index contributed by atoms with van der Waals surface area (Å²) in [6.45, 7) is 1.26. The van der Waals surface area contributed by atoms with Crippen molar-refractivity contribution in [2.45, 2.75) is 30.6 Å². The van der Waals surface area contributed by atoms with Gasteiger partial charge < -0.3 is 10.6 Å². The van der Waals surface area contributed by atoms with Crippen LogP contribution in [0, 0.1) is 0 Å². The molecule has 5 nitrogen and oxygen atoms in total. The Morgan fingerprint density at radius 1 is 1.19 bits per heavy atom. The highest BCUT2D eigenvalue weighted by Gasteiger charge is 2.25. The van der Waals surface area contributed by atoms with Gasteiger partial charge in [0.2, 0.25) is 5.91 Å². The third-order valence-electron chi connectivity index (χ3n) is 3.56. The lowest BCUT2D eigenvalue weighted by Crippen LogP contribution is -2.36. The van der Waals surface area contributed by atoms with Crippen molar-refractivity contribution >= 4 is 33.0 Å². The van der Waals surface area contributed by atoms with Crippen LogP contribution in [0.25, 0.3) is 0 Å². The minimum absolute atomic E-state index is 0.0402. The lowest BCUT2D eigenvalue weighted by molar-refractivity contribution is -0.128. The van der Waals surface area contributed by atoms with Gasteiger partial charge in [-0.15, -0.1) is 0 Å². The zero-order chi connectivity index (χ0) is 15.5. The SMILES string of the molecule is Nc1ccc(S(=O)(=O)CC(=O)N2CCCCCC2)c(Cl)c1. The lowest BCUT2D eigenvalue weighted by Gasteiger charge is -2.20. The Kier molecular flexibility index (Phi) is 5.11. The molecule has 0 aliphatic carbocycles. The molecule has 1 saturated heterocycles. The molecule has 7 heteroatoms. The summed E-state index contributed by atoms with van der Waals surface area (Å²) < 4.78 is 24.7. The number of rotatable bonds is 3. The topological polar surface area (TPSA) is 80.5 Å². The summed E-state index contributed by atoms with van der Waals surface area (Å²) in [5, 5.41) is 0.0543. The van der Waals surface area contributed by atoms with Crippen molar-refractivity contribution in [3.05, 3.63) is 23.2 Å². The number of nitrogens with two attached hydrogens (primary N) is 1. The first-order chi connectivity index (χ1) is 9.90. The quantitative estimate of drug-likeness (QED) is 0.861. The summed E-state index contributed by atoms with van der Waals surface area (Å²) in [6, 6.07) is 4.20. The van der Waals surface area contributed by atoms with Crippen LogP contribution in [0.2, 0.25) is 5.02 Å². The molecule has 21 heavy (non-hydrogen) atoms. The Hall–Kier alpha value is -1.27. The molecule has 0 saturated carbocycles.